The van der Waals surface area contributed by atoms with Crippen LogP contribution in [-0.4, -0.2) is 30.6 Å². The maximum Gasteiger partial charge on any atom is 0.123 e. The first kappa shape index (κ1) is 15.5. The smallest absolute Gasteiger partial charge is 0.123 e. The summed E-state index contributed by atoms with van der Waals surface area (Å²) in [5.74, 6) is 0.919. The number of methoxy groups -OCH3 is 1. The number of aromatic nitrogens is 1. The standard InChI is InChI=1S/C17H23N3O/c1-20(10-7-14-5-8-19-9-6-14)13-16-11-15(12-18)3-4-17(16)21-2/h3-6,8-9,11H,7,10,12-13,18H2,1-2H3. The molecule has 0 aliphatic carbocycles. The Hall–Kier alpha value is -1.91. The Labute approximate surface area is 126 Å². The summed E-state index contributed by atoms with van der Waals surface area (Å²) < 4.78 is 5.43. The first-order chi connectivity index (χ1) is 10.2. The maximum absolute atomic E-state index is 5.72. The first-order valence-corrected chi connectivity index (χ1v) is 7.16. The number of likely N-dealkylation sites (N-methyl/N-ethyl adjacent to an activating group) is 1. The molecule has 0 saturated heterocycles. The van der Waals surface area contributed by atoms with E-state index in [2.05, 4.69) is 35.1 Å². The Morgan fingerprint density at radius 3 is 2.57 bits per heavy atom. The lowest BCUT2D eigenvalue weighted by Gasteiger charge is -2.19. The molecule has 0 amide bonds. The van der Waals surface area contributed by atoms with Crippen LogP contribution in [-0.2, 0) is 19.5 Å². The SMILES string of the molecule is COc1ccc(CN)cc1CN(C)CCc1ccncc1. The predicted molar refractivity (Wildman–Crippen MR) is 85.2 cm³/mol. The fraction of sp³-hybridized carbons (Fsp3) is 0.353. The summed E-state index contributed by atoms with van der Waals surface area (Å²) >= 11 is 0. The predicted octanol–water partition coefficient (Wildman–Crippen LogP) is 2.22. The third kappa shape index (κ3) is 4.55. The van der Waals surface area contributed by atoms with Crippen LogP contribution in [0.2, 0.25) is 0 Å². The lowest BCUT2D eigenvalue weighted by Crippen LogP contribution is -2.21. The Balaban J connectivity index is 1.97. The van der Waals surface area contributed by atoms with Gasteiger partial charge in [-0.2, -0.15) is 0 Å². The van der Waals surface area contributed by atoms with Crippen molar-refractivity contribution >= 4 is 0 Å². The molecule has 0 bridgehead atoms. The average Bonchev–Trinajstić information content (AvgIpc) is 2.54. The van der Waals surface area contributed by atoms with Gasteiger partial charge in [-0.25, -0.2) is 0 Å². The zero-order chi connectivity index (χ0) is 15.1. The van der Waals surface area contributed by atoms with Crippen LogP contribution in [0.3, 0.4) is 0 Å². The van der Waals surface area contributed by atoms with Crippen molar-refractivity contribution in [1.29, 1.82) is 0 Å². The van der Waals surface area contributed by atoms with E-state index in [1.165, 1.54) is 11.1 Å². The van der Waals surface area contributed by atoms with E-state index in [-0.39, 0.29) is 0 Å². The van der Waals surface area contributed by atoms with Gasteiger partial charge in [-0.3, -0.25) is 4.98 Å². The molecule has 2 N–H and O–H groups in total. The highest BCUT2D eigenvalue weighted by molar-refractivity contribution is 5.37. The van der Waals surface area contributed by atoms with Crippen molar-refractivity contribution in [2.45, 2.75) is 19.5 Å². The second-order valence-corrected chi connectivity index (χ2v) is 5.19. The monoisotopic (exact) mass is 285 g/mol. The van der Waals surface area contributed by atoms with Crippen LogP contribution in [0.4, 0.5) is 0 Å². The van der Waals surface area contributed by atoms with Crippen LogP contribution < -0.4 is 10.5 Å². The van der Waals surface area contributed by atoms with E-state index < -0.39 is 0 Å². The van der Waals surface area contributed by atoms with Crippen LogP contribution >= 0.6 is 0 Å². The molecule has 21 heavy (non-hydrogen) atoms. The molecule has 0 fully saturated rings. The summed E-state index contributed by atoms with van der Waals surface area (Å²) in [5, 5.41) is 0. The molecular weight excluding hydrogens is 262 g/mol. The first-order valence-electron chi connectivity index (χ1n) is 7.16. The van der Waals surface area contributed by atoms with E-state index in [0.717, 1.165) is 30.8 Å². The zero-order valence-electron chi connectivity index (χ0n) is 12.7. The van der Waals surface area contributed by atoms with Gasteiger partial charge in [0, 0.05) is 37.6 Å². The lowest BCUT2D eigenvalue weighted by atomic mass is 10.1. The minimum Gasteiger partial charge on any atom is -0.496 e. The molecule has 2 rings (SSSR count). The maximum atomic E-state index is 5.72. The van der Waals surface area contributed by atoms with Crippen molar-refractivity contribution in [3.63, 3.8) is 0 Å². The topological polar surface area (TPSA) is 51.4 Å². The zero-order valence-corrected chi connectivity index (χ0v) is 12.7. The molecule has 0 aliphatic heterocycles. The van der Waals surface area contributed by atoms with E-state index in [1.807, 2.05) is 24.5 Å². The summed E-state index contributed by atoms with van der Waals surface area (Å²) in [7, 11) is 3.83. The van der Waals surface area contributed by atoms with E-state index >= 15 is 0 Å². The molecule has 4 nitrogen and oxygen atoms in total. The number of rotatable bonds is 7. The van der Waals surface area contributed by atoms with Crippen LogP contribution in [0.15, 0.2) is 42.7 Å². The Bertz CT molecular complexity index is 557. The van der Waals surface area contributed by atoms with Crippen LogP contribution in [0, 0.1) is 0 Å². The van der Waals surface area contributed by atoms with Gasteiger partial charge in [0.1, 0.15) is 5.75 Å². The minimum atomic E-state index is 0.553. The van der Waals surface area contributed by atoms with E-state index in [9.17, 15) is 0 Å². The van der Waals surface area contributed by atoms with Crippen molar-refractivity contribution in [1.82, 2.24) is 9.88 Å². The molecule has 0 atom stereocenters. The minimum absolute atomic E-state index is 0.553. The van der Waals surface area contributed by atoms with E-state index in [1.54, 1.807) is 7.11 Å². The molecule has 2 aromatic rings. The average molecular weight is 285 g/mol. The van der Waals surface area contributed by atoms with E-state index in [0.29, 0.717) is 6.54 Å². The van der Waals surface area contributed by atoms with Gasteiger partial charge < -0.3 is 15.4 Å². The molecule has 1 aromatic carbocycles. The molecular formula is C17H23N3O. The van der Waals surface area contributed by atoms with Crippen molar-refractivity contribution in [3.8, 4) is 5.75 Å². The van der Waals surface area contributed by atoms with Crippen LogP contribution in [0.25, 0.3) is 0 Å². The molecule has 1 aromatic heterocycles. The highest BCUT2D eigenvalue weighted by Gasteiger charge is 2.07. The lowest BCUT2D eigenvalue weighted by molar-refractivity contribution is 0.321. The highest BCUT2D eigenvalue weighted by Crippen LogP contribution is 2.21. The third-order valence-electron chi connectivity index (χ3n) is 3.55. The quantitative estimate of drug-likeness (QED) is 0.847. The number of benzene rings is 1. The fourth-order valence-electron chi connectivity index (χ4n) is 2.32. The molecule has 0 saturated carbocycles. The van der Waals surface area contributed by atoms with Crippen LogP contribution in [0.5, 0.6) is 5.75 Å². The van der Waals surface area contributed by atoms with Gasteiger partial charge in [0.15, 0.2) is 0 Å². The fourth-order valence-corrected chi connectivity index (χ4v) is 2.32. The van der Waals surface area contributed by atoms with Crippen molar-refractivity contribution in [2.24, 2.45) is 5.73 Å². The Morgan fingerprint density at radius 2 is 1.90 bits per heavy atom. The van der Waals surface area contributed by atoms with Crippen molar-refractivity contribution in [3.05, 3.63) is 59.4 Å². The van der Waals surface area contributed by atoms with Gasteiger partial charge in [0.05, 0.1) is 7.11 Å². The van der Waals surface area contributed by atoms with Gasteiger partial charge >= 0.3 is 0 Å². The third-order valence-corrected chi connectivity index (χ3v) is 3.55. The number of pyridine rings is 1. The number of hydrogen-bond donors (Lipinski definition) is 1. The van der Waals surface area contributed by atoms with Gasteiger partial charge in [0.2, 0.25) is 0 Å². The van der Waals surface area contributed by atoms with E-state index in [4.69, 9.17) is 10.5 Å². The van der Waals surface area contributed by atoms with Gasteiger partial charge in [0.25, 0.3) is 0 Å². The second-order valence-electron chi connectivity index (χ2n) is 5.19. The Kier molecular flexibility index (Phi) is 5.72. The summed E-state index contributed by atoms with van der Waals surface area (Å²) in [5.41, 5.74) is 9.33. The molecule has 0 aliphatic rings. The number of hydrogen-bond acceptors (Lipinski definition) is 4. The summed E-state index contributed by atoms with van der Waals surface area (Å²) in [6, 6.07) is 10.3. The Morgan fingerprint density at radius 1 is 1.14 bits per heavy atom. The molecule has 0 unspecified atom stereocenters. The summed E-state index contributed by atoms with van der Waals surface area (Å²) in [4.78, 5) is 6.33. The summed E-state index contributed by atoms with van der Waals surface area (Å²) in [6.45, 7) is 2.39. The normalized spacial score (nSPS) is 10.9. The highest BCUT2D eigenvalue weighted by atomic mass is 16.5. The molecule has 1 heterocycles. The number of nitrogens with two attached hydrogens (primary N) is 1. The largest absolute Gasteiger partial charge is 0.496 e. The van der Waals surface area contributed by atoms with Gasteiger partial charge in [-0.15, -0.1) is 0 Å². The summed E-state index contributed by atoms with van der Waals surface area (Å²) in [6.07, 6.45) is 4.68. The van der Waals surface area contributed by atoms with Gasteiger partial charge in [-0.05, 0) is 48.9 Å². The number of nitrogens with zero attached hydrogens (tertiary/aromatic N) is 2. The van der Waals surface area contributed by atoms with Crippen molar-refractivity contribution in [2.75, 3.05) is 20.7 Å². The second kappa shape index (κ2) is 7.76. The van der Waals surface area contributed by atoms with Crippen LogP contribution in [0.1, 0.15) is 16.7 Å². The molecule has 112 valence electrons. The van der Waals surface area contributed by atoms with Gasteiger partial charge in [-0.1, -0.05) is 6.07 Å². The van der Waals surface area contributed by atoms with Crippen molar-refractivity contribution < 1.29 is 4.74 Å². The molecule has 0 radical (unpaired) electrons. The number of ether oxygens (including phenoxy) is 1. The molecule has 4 heteroatoms. The molecule has 0 spiro atoms.